The van der Waals surface area contributed by atoms with Gasteiger partial charge < -0.3 is 14.2 Å². The Morgan fingerprint density at radius 2 is 1.48 bits per heavy atom. The lowest BCUT2D eigenvalue weighted by Crippen LogP contribution is -2.39. The van der Waals surface area contributed by atoms with E-state index in [0.29, 0.717) is 17.1 Å². The summed E-state index contributed by atoms with van der Waals surface area (Å²) in [6, 6.07) is 11.4. The molecule has 0 aliphatic carbocycles. The molecular formula is C20H21F3O4. The largest absolute Gasteiger partial charge is 0.489 e. The Labute approximate surface area is 155 Å². The summed E-state index contributed by atoms with van der Waals surface area (Å²) in [7, 11) is 0. The second-order valence-corrected chi connectivity index (χ2v) is 6.29. The quantitative estimate of drug-likeness (QED) is 0.632. The van der Waals surface area contributed by atoms with Crippen LogP contribution in [0.15, 0.2) is 48.5 Å². The highest BCUT2D eigenvalue weighted by molar-refractivity contribution is 5.79. The molecule has 0 aliphatic rings. The van der Waals surface area contributed by atoms with Gasteiger partial charge in [0.1, 0.15) is 18.1 Å². The van der Waals surface area contributed by atoms with Crippen molar-refractivity contribution in [1.29, 1.82) is 0 Å². The van der Waals surface area contributed by atoms with E-state index in [0.717, 1.165) is 12.1 Å². The summed E-state index contributed by atoms with van der Waals surface area (Å²) >= 11 is 0. The fraction of sp³-hybridized carbons (Fsp3) is 0.350. The van der Waals surface area contributed by atoms with Crippen LogP contribution in [0.25, 0.3) is 0 Å². The van der Waals surface area contributed by atoms with Crippen LogP contribution in [0.3, 0.4) is 0 Å². The molecule has 0 atom stereocenters. The van der Waals surface area contributed by atoms with E-state index in [2.05, 4.69) is 0 Å². The van der Waals surface area contributed by atoms with Crippen molar-refractivity contribution < 1.29 is 32.2 Å². The summed E-state index contributed by atoms with van der Waals surface area (Å²) in [5.41, 5.74) is -1.21. The van der Waals surface area contributed by atoms with Crippen LogP contribution in [-0.4, -0.2) is 18.2 Å². The van der Waals surface area contributed by atoms with E-state index in [4.69, 9.17) is 14.2 Å². The van der Waals surface area contributed by atoms with Crippen LogP contribution >= 0.6 is 0 Å². The first-order valence-electron chi connectivity index (χ1n) is 8.37. The Kier molecular flexibility index (Phi) is 6.36. The standard InChI is InChI=1S/C20H21F3O4/c1-4-25-18(24)19(2,3)27-17-11-9-16(10-12-17)26-13-14-5-7-15(8-6-14)20(21,22)23/h5-12H,4,13H2,1-3H3. The molecule has 0 saturated carbocycles. The number of alkyl halides is 3. The van der Waals surface area contributed by atoms with E-state index in [9.17, 15) is 18.0 Å². The third kappa shape index (κ3) is 5.91. The summed E-state index contributed by atoms with van der Waals surface area (Å²) in [4.78, 5) is 11.8. The van der Waals surface area contributed by atoms with Gasteiger partial charge in [-0.25, -0.2) is 4.79 Å². The van der Waals surface area contributed by atoms with Gasteiger partial charge in [-0.3, -0.25) is 0 Å². The van der Waals surface area contributed by atoms with Crippen LogP contribution in [0, 0.1) is 0 Å². The third-order valence-corrected chi connectivity index (χ3v) is 3.65. The first-order valence-corrected chi connectivity index (χ1v) is 8.37. The first-order chi connectivity index (χ1) is 12.6. The van der Waals surface area contributed by atoms with Crippen LogP contribution in [0.5, 0.6) is 11.5 Å². The molecule has 0 spiro atoms. The number of hydrogen-bond donors (Lipinski definition) is 0. The van der Waals surface area contributed by atoms with Gasteiger partial charge in [-0.2, -0.15) is 13.2 Å². The Balaban J connectivity index is 1.93. The summed E-state index contributed by atoms with van der Waals surface area (Å²) in [6.45, 7) is 5.34. The van der Waals surface area contributed by atoms with Crippen molar-refractivity contribution in [2.75, 3.05) is 6.61 Å². The van der Waals surface area contributed by atoms with Crippen molar-refractivity contribution in [2.45, 2.75) is 39.2 Å². The molecule has 0 radical (unpaired) electrons. The van der Waals surface area contributed by atoms with Crippen LogP contribution in [0.2, 0.25) is 0 Å². The van der Waals surface area contributed by atoms with Crippen molar-refractivity contribution in [2.24, 2.45) is 0 Å². The average Bonchev–Trinajstić information content (AvgIpc) is 2.60. The van der Waals surface area contributed by atoms with E-state index in [1.165, 1.54) is 12.1 Å². The second-order valence-electron chi connectivity index (χ2n) is 6.29. The van der Waals surface area contributed by atoms with Gasteiger partial charge in [0.2, 0.25) is 0 Å². The molecule has 0 aliphatic heterocycles. The number of rotatable bonds is 7. The van der Waals surface area contributed by atoms with Gasteiger partial charge in [-0.05, 0) is 62.7 Å². The van der Waals surface area contributed by atoms with E-state index >= 15 is 0 Å². The van der Waals surface area contributed by atoms with Crippen LogP contribution in [-0.2, 0) is 22.3 Å². The molecule has 0 amide bonds. The Hall–Kier alpha value is -2.70. The number of esters is 1. The van der Waals surface area contributed by atoms with Crippen LogP contribution in [0.1, 0.15) is 31.9 Å². The molecule has 0 fully saturated rings. The molecule has 0 bridgehead atoms. The van der Waals surface area contributed by atoms with Crippen LogP contribution in [0.4, 0.5) is 13.2 Å². The van der Waals surface area contributed by atoms with Crippen molar-refractivity contribution in [3.63, 3.8) is 0 Å². The molecule has 4 nitrogen and oxygen atoms in total. The number of hydrogen-bond acceptors (Lipinski definition) is 4. The molecule has 0 N–H and O–H groups in total. The zero-order valence-electron chi connectivity index (χ0n) is 15.3. The summed E-state index contributed by atoms with van der Waals surface area (Å²) in [6.07, 6.45) is -4.35. The van der Waals surface area contributed by atoms with Gasteiger partial charge in [-0.15, -0.1) is 0 Å². The SMILES string of the molecule is CCOC(=O)C(C)(C)Oc1ccc(OCc2ccc(C(F)(F)F)cc2)cc1. The number of ether oxygens (including phenoxy) is 3. The molecule has 0 unspecified atom stereocenters. The van der Waals surface area contributed by atoms with E-state index in [1.807, 2.05) is 0 Å². The molecule has 27 heavy (non-hydrogen) atoms. The molecule has 0 saturated heterocycles. The Morgan fingerprint density at radius 1 is 0.926 bits per heavy atom. The van der Waals surface area contributed by atoms with Gasteiger partial charge in [0, 0.05) is 0 Å². The number of carbonyl (C=O) groups is 1. The predicted octanol–water partition coefficient (Wildman–Crippen LogP) is 5.00. The summed E-state index contributed by atoms with van der Waals surface area (Å²) in [5.74, 6) is 0.527. The highest BCUT2D eigenvalue weighted by atomic mass is 19.4. The maximum Gasteiger partial charge on any atom is 0.416 e. The average molecular weight is 382 g/mol. The molecule has 146 valence electrons. The topological polar surface area (TPSA) is 44.8 Å². The smallest absolute Gasteiger partial charge is 0.416 e. The zero-order chi connectivity index (χ0) is 20.1. The van der Waals surface area contributed by atoms with Crippen LogP contribution < -0.4 is 9.47 Å². The molecule has 0 heterocycles. The Morgan fingerprint density at radius 3 is 2.00 bits per heavy atom. The normalized spacial score (nSPS) is 11.8. The lowest BCUT2D eigenvalue weighted by molar-refractivity contribution is -0.158. The highest BCUT2D eigenvalue weighted by Gasteiger charge is 2.31. The molecule has 7 heteroatoms. The van der Waals surface area contributed by atoms with E-state index in [-0.39, 0.29) is 13.2 Å². The molecule has 2 rings (SSSR count). The molecule has 0 aromatic heterocycles. The van der Waals surface area contributed by atoms with Crippen molar-refractivity contribution in [1.82, 2.24) is 0 Å². The van der Waals surface area contributed by atoms with Crippen molar-refractivity contribution in [3.05, 3.63) is 59.7 Å². The van der Waals surface area contributed by atoms with E-state index < -0.39 is 23.3 Å². The lowest BCUT2D eigenvalue weighted by Gasteiger charge is -2.24. The van der Waals surface area contributed by atoms with Gasteiger partial charge in [0.15, 0.2) is 5.60 Å². The summed E-state index contributed by atoms with van der Waals surface area (Å²) in [5, 5.41) is 0. The monoisotopic (exact) mass is 382 g/mol. The number of benzene rings is 2. The minimum atomic E-state index is -4.35. The zero-order valence-corrected chi connectivity index (χ0v) is 15.3. The maximum atomic E-state index is 12.5. The Bertz CT molecular complexity index is 750. The fourth-order valence-electron chi connectivity index (χ4n) is 2.20. The van der Waals surface area contributed by atoms with Gasteiger partial charge >= 0.3 is 12.1 Å². The van der Waals surface area contributed by atoms with Gasteiger partial charge in [0.05, 0.1) is 12.2 Å². The van der Waals surface area contributed by atoms with Gasteiger partial charge in [0.25, 0.3) is 0 Å². The van der Waals surface area contributed by atoms with Gasteiger partial charge in [-0.1, -0.05) is 12.1 Å². The second kappa shape index (κ2) is 8.33. The molecule has 2 aromatic rings. The maximum absolute atomic E-state index is 12.5. The number of halogens is 3. The van der Waals surface area contributed by atoms with Crippen molar-refractivity contribution in [3.8, 4) is 11.5 Å². The van der Waals surface area contributed by atoms with E-state index in [1.54, 1.807) is 45.0 Å². The molecular weight excluding hydrogens is 361 g/mol. The summed E-state index contributed by atoms with van der Waals surface area (Å²) < 4.78 is 53.8. The fourth-order valence-corrected chi connectivity index (χ4v) is 2.20. The minimum absolute atomic E-state index is 0.132. The third-order valence-electron chi connectivity index (χ3n) is 3.65. The highest BCUT2D eigenvalue weighted by Crippen LogP contribution is 2.29. The van der Waals surface area contributed by atoms with Crippen molar-refractivity contribution >= 4 is 5.97 Å². The lowest BCUT2D eigenvalue weighted by atomic mass is 10.1. The predicted molar refractivity (Wildman–Crippen MR) is 93.6 cm³/mol. The number of carbonyl (C=O) groups excluding carboxylic acids is 1. The minimum Gasteiger partial charge on any atom is -0.489 e. The molecule has 2 aromatic carbocycles. The first kappa shape index (κ1) is 20.6.